The number of nitrogens with zero attached hydrogens (tertiary/aromatic N) is 2. The minimum Gasteiger partial charge on any atom is -0.368 e. The molecule has 0 saturated carbocycles. The van der Waals surface area contributed by atoms with E-state index in [4.69, 9.17) is 11.6 Å². The van der Waals surface area contributed by atoms with E-state index in [0.717, 1.165) is 31.2 Å². The second-order valence-corrected chi connectivity index (χ2v) is 6.10. The number of halogens is 1. The van der Waals surface area contributed by atoms with E-state index in [2.05, 4.69) is 48.8 Å². The Labute approximate surface area is 122 Å². The second kappa shape index (κ2) is 6.62. The summed E-state index contributed by atoms with van der Waals surface area (Å²) in [5.41, 5.74) is 2.51. The largest absolute Gasteiger partial charge is 0.368 e. The Balaban J connectivity index is 2.03. The molecule has 3 heteroatoms. The standard InChI is InChI=1S/C16H25ClN2/c1-4-7-18-8-10-19(11-9-18)16-6-5-14(13(2)3)12-15(16)17/h5-6,12-13H,4,7-11H2,1-3H3. The van der Waals surface area contributed by atoms with Crippen molar-refractivity contribution in [2.45, 2.75) is 33.1 Å². The van der Waals surface area contributed by atoms with Crippen molar-refractivity contribution in [2.75, 3.05) is 37.6 Å². The molecule has 1 aromatic carbocycles. The predicted octanol–water partition coefficient (Wildman–Crippen LogP) is 4.00. The highest BCUT2D eigenvalue weighted by Crippen LogP contribution is 2.30. The van der Waals surface area contributed by atoms with Gasteiger partial charge in [-0.15, -0.1) is 0 Å². The average Bonchev–Trinajstić information content (AvgIpc) is 2.40. The first kappa shape index (κ1) is 14.7. The molecule has 0 spiro atoms. The van der Waals surface area contributed by atoms with Crippen LogP contribution in [-0.4, -0.2) is 37.6 Å². The number of hydrogen-bond donors (Lipinski definition) is 0. The molecule has 1 aromatic rings. The molecule has 0 N–H and O–H groups in total. The molecule has 2 nitrogen and oxygen atoms in total. The van der Waals surface area contributed by atoms with Crippen LogP contribution >= 0.6 is 11.6 Å². The molecule has 0 unspecified atom stereocenters. The van der Waals surface area contributed by atoms with Gasteiger partial charge in [-0.3, -0.25) is 4.90 Å². The Morgan fingerprint density at radius 3 is 2.37 bits per heavy atom. The molecule has 0 atom stereocenters. The molecule has 106 valence electrons. The lowest BCUT2D eigenvalue weighted by Gasteiger charge is -2.36. The van der Waals surface area contributed by atoms with Gasteiger partial charge in [-0.2, -0.15) is 0 Å². The van der Waals surface area contributed by atoms with Crippen molar-refractivity contribution in [3.05, 3.63) is 28.8 Å². The van der Waals surface area contributed by atoms with E-state index in [1.807, 2.05) is 0 Å². The first-order valence-corrected chi connectivity index (χ1v) is 7.76. The summed E-state index contributed by atoms with van der Waals surface area (Å²) in [4.78, 5) is 4.95. The summed E-state index contributed by atoms with van der Waals surface area (Å²) in [5.74, 6) is 0.535. The van der Waals surface area contributed by atoms with Crippen LogP contribution in [0.3, 0.4) is 0 Å². The number of rotatable bonds is 4. The third kappa shape index (κ3) is 3.64. The molecular weight excluding hydrogens is 256 g/mol. The fourth-order valence-electron chi connectivity index (χ4n) is 2.67. The van der Waals surface area contributed by atoms with E-state index < -0.39 is 0 Å². The summed E-state index contributed by atoms with van der Waals surface area (Å²) in [6.45, 7) is 12.3. The third-order valence-electron chi connectivity index (χ3n) is 3.89. The lowest BCUT2D eigenvalue weighted by atomic mass is 10.0. The van der Waals surface area contributed by atoms with Gasteiger partial charge in [0.1, 0.15) is 0 Å². The van der Waals surface area contributed by atoms with Crippen molar-refractivity contribution in [2.24, 2.45) is 0 Å². The molecule has 1 saturated heterocycles. The van der Waals surface area contributed by atoms with Crippen molar-refractivity contribution in [1.29, 1.82) is 0 Å². The lowest BCUT2D eigenvalue weighted by Crippen LogP contribution is -2.46. The fourth-order valence-corrected chi connectivity index (χ4v) is 2.98. The van der Waals surface area contributed by atoms with Gasteiger partial charge in [0.2, 0.25) is 0 Å². The lowest BCUT2D eigenvalue weighted by molar-refractivity contribution is 0.258. The van der Waals surface area contributed by atoms with Crippen LogP contribution in [0.1, 0.15) is 38.7 Å². The smallest absolute Gasteiger partial charge is 0.0642 e. The van der Waals surface area contributed by atoms with E-state index >= 15 is 0 Å². The van der Waals surface area contributed by atoms with Gasteiger partial charge < -0.3 is 4.90 Å². The van der Waals surface area contributed by atoms with Gasteiger partial charge in [0.05, 0.1) is 10.7 Å². The van der Waals surface area contributed by atoms with Gasteiger partial charge in [0, 0.05) is 26.2 Å². The van der Waals surface area contributed by atoms with Gasteiger partial charge >= 0.3 is 0 Å². The van der Waals surface area contributed by atoms with Gasteiger partial charge in [-0.1, -0.05) is 38.4 Å². The highest BCUT2D eigenvalue weighted by molar-refractivity contribution is 6.33. The van der Waals surface area contributed by atoms with Gasteiger partial charge in [-0.05, 0) is 36.6 Å². The monoisotopic (exact) mass is 280 g/mol. The molecule has 19 heavy (non-hydrogen) atoms. The zero-order valence-corrected chi connectivity index (χ0v) is 13.1. The molecule has 1 aliphatic rings. The van der Waals surface area contributed by atoms with Crippen LogP contribution in [0, 0.1) is 0 Å². The second-order valence-electron chi connectivity index (χ2n) is 5.69. The number of hydrogen-bond acceptors (Lipinski definition) is 2. The average molecular weight is 281 g/mol. The van der Waals surface area contributed by atoms with Crippen molar-refractivity contribution >= 4 is 17.3 Å². The van der Waals surface area contributed by atoms with Crippen LogP contribution in [0.15, 0.2) is 18.2 Å². The van der Waals surface area contributed by atoms with Crippen LogP contribution in [0.25, 0.3) is 0 Å². The Morgan fingerprint density at radius 2 is 1.84 bits per heavy atom. The minimum atomic E-state index is 0.535. The molecule has 0 aromatic heterocycles. The Kier molecular flexibility index (Phi) is 5.12. The van der Waals surface area contributed by atoms with E-state index in [0.29, 0.717) is 5.92 Å². The predicted molar refractivity (Wildman–Crippen MR) is 84.5 cm³/mol. The summed E-state index contributed by atoms with van der Waals surface area (Å²) in [7, 11) is 0. The number of piperazine rings is 1. The summed E-state index contributed by atoms with van der Waals surface area (Å²) < 4.78 is 0. The van der Waals surface area contributed by atoms with Gasteiger partial charge in [0.25, 0.3) is 0 Å². The summed E-state index contributed by atoms with van der Waals surface area (Å²) >= 11 is 6.45. The Hall–Kier alpha value is -0.730. The first-order valence-electron chi connectivity index (χ1n) is 7.38. The zero-order chi connectivity index (χ0) is 13.8. The normalized spacial score (nSPS) is 17.2. The molecule has 1 aliphatic heterocycles. The molecule has 0 radical (unpaired) electrons. The van der Waals surface area contributed by atoms with Gasteiger partial charge in [-0.25, -0.2) is 0 Å². The summed E-state index contributed by atoms with van der Waals surface area (Å²) in [5, 5.41) is 0.898. The topological polar surface area (TPSA) is 6.48 Å². The highest BCUT2D eigenvalue weighted by Gasteiger charge is 2.18. The third-order valence-corrected chi connectivity index (χ3v) is 4.19. The van der Waals surface area contributed by atoms with Crippen LogP contribution < -0.4 is 4.90 Å². The Morgan fingerprint density at radius 1 is 1.16 bits per heavy atom. The molecule has 0 bridgehead atoms. The zero-order valence-electron chi connectivity index (χ0n) is 12.3. The number of benzene rings is 1. The molecule has 1 heterocycles. The van der Waals surface area contributed by atoms with E-state index in [1.165, 1.54) is 24.2 Å². The van der Waals surface area contributed by atoms with E-state index in [-0.39, 0.29) is 0 Å². The first-order chi connectivity index (χ1) is 9.11. The highest BCUT2D eigenvalue weighted by atomic mass is 35.5. The molecule has 2 rings (SSSR count). The maximum atomic E-state index is 6.45. The Bertz CT molecular complexity index is 409. The number of anilines is 1. The van der Waals surface area contributed by atoms with Crippen LogP contribution in [-0.2, 0) is 0 Å². The van der Waals surface area contributed by atoms with Crippen molar-refractivity contribution in [3.63, 3.8) is 0 Å². The van der Waals surface area contributed by atoms with Crippen molar-refractivity contribution < 1.29 is 0 Å². The SMILES string of the molecule is CCCN1CCN(c2ccc(C(C)C)cc2Cl)CC1. The summed E-state index contributed by atoms with van der Waals surface area (Å²) in [6, 6.07) is 6.53. The van der Waals surface area contributed by atoms with Crippen molar-refractivity contribution in [3.8, 4) is 0 Å². The molecule has 1 fully saturated rings. The maximum absolute atomic E-state index is 6.45. The molecular formula is C16H25ClN2. The van der Waals surface area contributed by atoms with E-state index in [9.17, 15) is 0 Å². The molecule has 0 aliphatic carbocycles. The fraction of sp³-hybridized carbons (Fsp3) is 0.625. The molecule has 0 amide bonds. The van der Waals surface area contributed by atoms with Crippen LogP contribution in [0.5, 0.6) is 0 Å². The van der Waals surface area contributed by atoms with Crippen LogP contribution in [0.2, 0.25) is 5.02 Å². The van der Waals surface area contributed by atoms with Crippen molar-refractivity contribution in [1.82, 2.24) is 4.90 Å². The summed E-state index contributed by atoms with van der Waals surface area (Å²) in [6.07, 6.45) is 1.24. The van der Waals surface area contributed by atoms with Crippen LogP contribution in [0.4, 0.5) is 5.69 Å². The van der Waals surface area contributed by atoms with E-state index in [1.54, 1.807) is 0 Å². The quantitative estimate of drug-likeness (QED) is 0.823. The maximum Gasteiger partial charge on any atom is 0.0642 e. The van der Waals surface area contributed by atoms with Gasteiger partial charge in [0.15, 0.2) is 0 Å². The minimum absolute atomic E-state index is 0.535.